The molecule has 0 saturated carbocycles. The topological polar surface area (TPSA) is 66.4 Å². The minimum atomic E-state index is -2.74. The SMILES string of the molecule is [2H]C([2H])([2H])C([2H])(C)C[C@]([2H])(NC(C)=O)C(=O)O. The summed E-state index contributed by atoms with van der Waals surface area (Å²) in [5.74, 6) is -4.62. The summed E-state index contributed by atoms with van der Waals surface area (Å²) in [7, 11) is 0. The van der Waals surface area contributed by atoms with Gasteiger partial charge in [-0.3, -0.25) is 4.79 Å². The Morgan fingerprint density at radius 3 is 2.67 bits per heavy atom. The van der Waals surface area contributed by atoms with Gasteiger partial charge in [0.15, 0.2) is 0 Å². The van der Waals surface area contributed by atoms with Crippen molar-refractivity contribution in [2.45, 2.75) is 33.1 Å². The fraction of sp³-hybridized carbons (Fsp3) is 0.750. The summed E-state index contributed by atoms with van der Waals surface area (Å²) in [4.78, 5) is 21.7. The summed E-state index contributed by atoms with van der Waals surface area (Å²) >= 11 is 0. The fourth-order valence-corrected chi connectivity index (χ4v) is 0.651. The van der Waals surface area contributed by atoms with Crippen LogP contribution in [0.1, 0.15) is 34.0 Å². The van der Waals surface area contributed by atoms with Crippen LogP contribution in [0.25, 0.3) is 0 Å². The van der Waals surface area contributed by atoms with Gasteiger partial charge in [-0.05, 0) is 12.3 Å². The number of hydrogen-bond acceptors (Lipinski definition) is 2. The summed E-state index contributed by atoms with van der Waals surface area (Å²) in [6, 6.07) is -2.52. The van der Waals surface area contributed by atoms with Crippen LogP contribution in [0.15, 0.2) is 0 Å². The summed E-state index contributed by atoms with van der Waals surface area (Å²) in [6.45, 7) is -0.718. The molecule has 2 N–H and O–H groups in total. The summed E-state index contributed by atoms with van der Waals surface area (Å²) in [5, 5.41) is 10.7. The number of hydrogen-bond donors (Lipinski definition) is 2. The van der Waals surface area contributed by atoms with Gasteiger partial charge in [-0.1, -0.05) is 13.8 Å². The Kier molecular flexibility index (Phi) is 1.91. The van der Waals surface area contributed by atoms with Crippen LogP contribution in [-0.4, -0.2) is 23.0 Å². The molecule has 0 fully saturated rings. The van der Waals surface area contributed by atoms with Gasteiger partial charge < -0.3 is 10.4 Å². The molecule has 70 valence electrons. The molecule has 0 aromatic carbocycles. The lowest BCUT2D eigenvalue weighted by Gasteiger charge is -2.14. The highest BCUT2D eigenvalue weighted by atomic mass is 16.4. The maximum Gasteiger partial charge on any atom is 0.326 e. The Morgan fingerprint density at radius 1 is 1.75 bits per heavy atom. The first kappa shape index (κ1) is 4.84. The van der Waals surface area contributed by atoms with Crippen molar-refractivity contribution in [2.24, 2.45) is 5.89 Å². The van der Waals surface area contributed by atoms with Gasteiger partial charge in [0.2, 0.25) is 5.91 Å². The highest BCUT2D eigenvalue weighted by molar-refractivity contribution is 5.81. The quantitative estimate of drug-likeness (QED) is 0.663. The Bertz CT molecular complexity index is 328. The van der Waals surface area contributed by atoms with E-state index in [1.54, 1.807) is 0 Å². The first-order valence-corrected chi connectivity index (χ1v) is 3.34. The third-order valence-corrected chi connectivity index (χ3v) is 1.03. The molecule has 4 nitrogen and oxygen atoms in total. The van der Waals surface area contributed by atoms with E-state index >= 15 is 0 Å². The molecule has 0 aromatic heterocycles. The number of carboxylic acid groups (broad SMARTS) is 1. The van der Waals surface area contributed by atoms with E-state index in [0.29, 0.717) is 0 Å². The predicted octanol–water partition coefficient (Wildman–Crippen LogP) is 0.622. The first-order chi connectivity index (χ1) is 7.32. The van der Waals surface area contributed by atoms with E-state index in [2.05, 4.69) is 0 Å². The van der Waals surface area contributed by atoms with Crippen molar-refractivity contribution in [1.82, 2.24) is 5.32 Å². The van der Waals surface area contributed by atoms with Gasteiger partial charge in [-0.15, -0.1) is 0 Å². The molecular weight excluding hydrogens is 158 g/mol. The molecule has 4 heteroatoms. The van der Waals surface area contributed by atoms with Crippen molar-refractivity contribution < 1.29 is 21.5 Å². The molecule has 2 atom stereocenters. The Hall–Kier alpha value is -1.06. The molecule has 0 rings (SSSR count). The zero-order valence-electron chi connectivity index (χ0n) is 12.0. The maximum atomic E-state index is 10.9. The van der Waals surface area contributed by atoms with Crippen LogP contribution in [0.4, 0.5) is 0 Å². The first-order valence-electron chi connectivity index (χ1n) is 5.84. The van der Waals surface area contributed by atoms with Gasteiger partial charge in [0, 0.05) is 12.4 Å². The maximum absolute atomic E-state index is 10.9. The van der Waals surface area contributed by atoms with Crippen LogP contribution in [0.5, 0.6) is 0 Å². The molecular formula is C8H15NO3. The molecule has 0 radical (unpaired) electrons. The van der Waals surface area contributed by atoms with Gasteiger partial charge in [-0.2, -0.15) is 0 Å². The van der Waals surface area contributed by atoms with Gasteiger partial charge >= 0.3 is 5.97 Å². The van der Waals surface area contributed by atoms with Crippen LogP contribution in [0.3, 0.4) is 0 Å². The highest BCUT2D eigenvalue weighted by Crippen LogP contribution is 2.04. The van der Waals surface area contributed by atoms with Crippen LogP contribution in [0, 0.1) is 5.89 Å². The Morgan fingerprint density at radius 2 is 2.33 bits per heavy atom. The second kappa shape index (κ2) is 4.74. The van der Waals surface area contributed by atoms with Gasteiger partial charge in [0.05, 0.1) is 1.37 Å². The van der Waals surface area contributed by atoms with E-state index in [1.807, 2.05) is 5.32 Å². The molecule has 0 aliphatic heterocycles. The molecule has 0 spiro atoms. The van der Waals surface area contributed by atoms with Crippen molar-refractivity contribution >= 4 is 11.9 Å². The molecule has 0 saturated heterocycles. The van der Waals surface area contributed by atoms with E-state index in [4.69, 9.17) is 12.0 Å². The average molecular weight is 178 g/mol. The van der Waals surface area contributed by atoms with Crippen LogP contribution < -0.4 is 5.32 Å². The Balaban J connectivity index is 5.15. The van der Waals surface area contributed by atoms with Crippen LogP contribution in [-0.2, 0) is 9.59 Å². The second-order valence-corrected chi connectivity index (χ2v) is 2.42. The average Bonchev–Trinajstić information content (AvgIpc) is 1.97. The lowest BCUT2D eigenvalue weighted by atomic mass is 10.0. The smallest absolute Gasteiger partial charge is 0.326 e. The summed E-state index contributed by atoms with van der Waals surface area (Å²) < 4.78 is 36.4. The molecule has 1 amide bonds. The molecule has 0 heterocycles. The molecule has 1 unspecified atom stereocenters. The van der Waals surface area contributed by atoms with Gasteiger partial charge in [0.25, 0.3) is 0 Å². The minimum Gasteiger partial charge on any atom is -0.480 e. The monoisotopic (exact) mass is 178 g/mol. The molecule has 0 aliphatic carbocycles. The van der Waals surface area contributed by atoms with Gasteiger partial charge in [-0.25, -0.2) is 4.79 Å². The lowest BCUT2D eigenvalue weighted by molar-refractivity contribution is -0.142. The highest BCUT2D eigenvalue weighted by Gasteiger charge is 2.18. The number of carboxylic acids is 1. The zero-order valence-corrected chi connectivity index (χ0v) is 6.97. The van der Waals surface area contributed by atoms with E-state index in [9.17, 15) is 9.59 Å². The third-order valence-electron chi connectivity index (χ3n) is 1.03. The fourth-order valence-electron chi connectivity index (χ4n) is 0.651. The van der Waals surface area contributed by atoms with E-state index < -0.39 is 37.1 Å². The summed E-state index contributed by atoms with van der Waals surface area (Å²) in [5.41, 5.74) is 0. The van der Waals surface area contributed by atoms with Crippen molar-refractivity contribution in [3.63, 3.8) is 0 Å². The van der Waals surface area contributed by atoms with E-state index in [0.717, 1.165) is 13.8 Å². The number of carbonyl (C=O) groups excluding carboxylic acids is 1. The third kappa shape index (κ3) is 4.71. The lowest BCUT2D eigenvalue weighted by Crippen LogP contribution is -2.40. The molecule has 0 bridgehead atoms. The van der Waals surface area contributed by atoms with E-state index in [-0.39, 0.29) is 0 Å². The standard InChI is InChI=1S/C8H15NO3/c1-5(2)4-7(8(11)12)9-6(3)10/h5,7H,4H2,1-3H3,(H,9,10)(H,11,12)/t7-/m0/s1/i1D3,5D,7D/t5?,7-. The van der Waals surface area contributed by atoms with Gasteiger partial charge in [0.1, 0.15) is 6.02 Å². The molecule has 0 aliphatic rings. The number of aliphatic carboxylic acids is 1. The van der Waals surface area contributed by atoms with Crippen molar-refractivity contribution in [1.29, 1.82) is 0 Å². The number of rotatable bonds is 4. The predicted molar refractivity (Wildman–Crippen MR) is 44.7 cm³/mol. The van der Waals surface area contributed by atoms with Crippen molar-refractivity contribution in [2.75, 3.05) is 0 Å². The molecule has 0 aromatic rings. The zero-order chi connectivity index (χ0) is 14.1. The second-order valence-electron chi connectivity index (χ2n) is 2.42. The van der Waals surface area contributed by atoms with Crippen LogP contribution in [0.2, 0.25) is 0 Å². The minimum absolute atomic E-state index is 0.774. The largest absolute Gasteiger partial charge is 0.480 e. The van der Waals surface area contributed by atoms with E-state index in [1.165, 1.54) is 0 Å². The summed E-state index contributed by atoms with van der Waals surface area (Å²) in [6.07, 6.45) is -0.842. The number of carbonyl (C=O) groups is 2. The number of amides is 1. The molecule has 12 heavy (non-hydrogen) atoms. The normalized spacial score (nSPS) is 27.3. The van der Waals surface area contributed by atoms with Crippen LogP contribution >= 0.6 is 0 Å². The van der Waals surface area contributed by atoms with Crippen molar-refractivity contribution in [3.05, 3.63) is 0 Å². The Labute approximate surface area is 79.0 Å². The number of nitrogens with one attached hydrogen (secondary N) is 1. The van der Waals surface area contributed by atoms with Crippen molar-refractivity contribution in [3.8, 4) is 0 Å².